The van der Waals surface area contributed by atoms with Gasteiger partial charge in [0.15, 0.2) is 0 Å². The number of para-hydroxylation sites is 2. The molecule has 0 unspecified atom stereocenters. The zero-order valence-electron chi connectivity index (χ0n) is 17.1. The number of pyridine rings is 1. The number of nitrogens with zero attached hydrogens (tertiary/aromatic N) is 2. The van der Waals surface area contributed by atoms with Gasteiger partial charge in [0.25, 0.3) is 10.0 Å². The van der Waals surface area contributed by atoms with Crippen molar-refractivity contribution in [2.24, 2.45) is 0 Å². The van der Waals surface area contributed by atoms with Crippen LogP contribution in [0.2, 0.25) is 5.02 Å². The van der Waals surface area contributed by atoms with Crippen LogP contribution in [0.15, 0.2) is 108 Å². The summed E-state index contributed by atoms with van der Waals surface area (Å²) in [6, 6.07) is 28.2. The molecule has 1 heterocycles. The van der Waals surface area contributed by atoms with Crippen LogP contribution in [-0.2, 0) is 23.2 Å². The Morgan fingerprint density at radius 3 is 2.22 bits per heavy atom. The van der Waals surface area contributed by atoms with Crippen molar-refractivity contribution in [1.29, 1.82) is 0 Å². The molecule has 5 nitrogen and oxygen atoms in total. The van der Waals surface area contributed by atoms with Gasteiger partial charge in [0.1, 0.15) is 12.4 Å². The molecule has 32 heavy (non-hydrogen) atoms. The second-order valence-corrected chi connectivity index (χ2v) is 9.32. The van der Waals surface area contributed by atoms with Gasteiger partial charge in [-0.2, -0.15) is 0 Å². The molecular formula is C25H21ClN2O3S. The van der Waals surface area contributed by atoms with Crippen LogP contribution in [0.3, 0.4) is 0 Å². The summed E-state index contributed by atoms with van der Waals surface area (Å²) in [5.41, 5.74) is 2.09. The van der Waals surface area contributed by atoms with Crippen molar-refractivity contribution in [3.05, 3.63) is 120 Å². The fraction of sp³-hybridized carbons (Fsp3) is 0.0800. The van der Waals surface area contributed by atoms with Gasteiger partial charge < -0.3 is 4.74 Å². The third-order valence-corrected chi connectivity index (χ3v) is 6.87. The molecule has 0 N–H and O–H groups in total. The van der Waals surface area contributed by atoms with Crippen LogP contribution in [0.1, 0.15) is 11.3 Å². The molecule has 0 aliphatic rings. The highest BCUT2D eigenvalue weighted by Crippen LogP contribution is 2.29. The van der Waals surface area contributed by atoms with Crippen LogP contribution in [0, 0.1) is 0 Å². The topological polar surface area (TPSA) is 59.5 Å². The van der Waals surface area contributed by atoms with E-state index in [1.807, 2.05) is 60.7 Å². The van der Waals surface area contributed by atoms with Gasteiger partial charge in [0, 0.05) is 16.8 Å². The highest BCUT2D eigenvalue weighted by Gasteiger charge is 2.26. The van der Waals surface area contributed by atoms with E-state index in [-0.39, 0.29) is 18.0 Å². The third kappa shape index (κ3) is 5.10. The van der Waals surface area contributed by atoms with E-state index in [1.54, 1.807) is 30.5 Å². The summed E-state index contributed by atoms with van der Waals surface area (Å²) in [5, 5.41) is 0.475. The zero-order chi connectivity index (χ0) is 22.4. The Labute approximate surface area is 192 Å². The quantitative estimate of drug-likeness (QED) is 0.335. The highest BCUT2D eigenvalue weighted by atomic mass is 35.5. The normalized spacial score (nSPS) is 11.2. The number of sulfonamides is 1. The lowest BCUT2D eigenvalue weighted by Crippen LogP contribution is -2.30. The number of anilines is 1. The Kier molecular flexibility index (Phi) is 6.73. The maximum absolute atomic E-state index is 13.6. The molecule has 4 rings (SSSR count). The molecule has 0 aliphatic heterocycles. The van der Waals surface area contributed by atoms with Gasteiger partial charge in [-0.25, -0.2) is 8.42 Å². The van der Waals surface area contributed by atoms with Crippen molar-refractivity contribution in [3.8, 4) is 5.75 Å². The molecular weight excluding hydrogens is 444 g/mol. The molecule has 1 aromatic heterocycles. The first-order valence-electron chi connectivity index (χ1n) is 9.98. The van der Waals surface area contributed by atoms with Gasteiger partial charge in [-0.1, -0.05) is 54.1 Å². The molecule has 0 saturated heterocycles. The fourth-order valence-electron chi connectivity index (χ4n) is 3.21. The first-order valence-corrected chi connectivity index (χ1v) is 11.8. The van der Waals surface area contributed by atoms with Crippen LogP contribution in [0.25, 0.3) is 0 Å². The van der Waals surface area contributed by atoms with Crippen molar-refractivity contribution in [1.82, 2.24) is 4.98 Å². The monoisotopic (exact) mass is 464 g/mol. The van der Waals surface area contributed by atoms with E-state index in [0.717, 1.165) is 11.3 Å². The molecule has 4 aromatic rings. The summed E-state index contributed by atoms with van der Waals surface area (Å²) in [5.74, 6) is 0.602. The molecule has 7 heteroatoms. The van der Waals surface area contributed by atoms with E-state index in [4.69, 9.17) is 16.3 Å². The van der Waals surface area contributed by atoms with Crippen molar-refractivity contribution in [2.75, 3.05) is 4.31 Å². The van der Waals surface area contributed by atoms with Gasteiger partial charge in [-0.05, 0) is 54.6 Å². The predicted octanol–water partition coefficient (Wildman–Crippen LogP) is 5.71. The molecule has 0 spiro atoms. The fourth-order valence-corrected chi connectivity index (χ4v) is 4.78. The van der Waals surface area contributed by atoms with Crippen LogP contribution in [-0.4, -0.2) is 13.4 Å². The number of ether oxygens (including phenoxy) is 1. The molecule has 0 fully saturated rings. The van der Waals surface area contributed by atoms with Crippen LogP contribution >= 0.6 is 11.6 Å². The average molecular weight is 465 g/mol. The first-order chi connectivity index (χ1) is 15.5. The van der Waals surface area contributed by atoms with Crippen molar-refractivity contribution >= 4 is 27.3 Å². The van der Waals surface area contributed by atoms with Gasteiger partial charge in [0.2, 0.25) is 0 Å². The maximum atomic E-state index is 13.6. The first kappa shape index (κ1) is 21.9. The Bertz CT molecular complexity index is 1270. The van der Waals surface area contributed by atoms with Crippen molar-refractivity contribution in [3.63, 3.8) is 0 Å². The van der Waals surface area contributed by atoms with Gasteiger partial charge >= 0.3 is 0 Å². The Balaban J connectivity index is 1.67. The largest absolute Gasteiger partial charge is 0.487 e. The van der Waals surface area contributed by atoms with E-state index in [0.29, 0.717) is 16.5 Å². The lowest BCUT2D eigenvalue weighted by atomic mass is 10.2. The highest BCUT2D eigenvalue weighted by molar-refractivity contribution is 7.92. The molecule has 3 aromatic carbocycles. The minimum Gasteiger partial charge on any atom is -0.487 e. The average Bonchev–Trinajstić information content (AvgIpc) is 2.83. The number of benzene rings is 3. The van der Waals surface area contributed by atoms with E-state index >= 15 is 0 Å². The van der Waals surface area contributed by atoms with E-state index in [2.05, 4.69) is 4.98 Å². The smallest absolute Gasteiger partial charge is 0.264 e. The number of hydrogen-bond donors (Lipinski definition) is 0. The Hall–Kier alpha value is -3.35. The molecule has 0 atom stereocenters. The molecule has 0 aliphatic carbocycles. The summed E-state index contributed by atoms with van der Waals surface area (Å²) in [7, 11) is -3.85. The van der Waals surface area contributed by atoms with Gasteiger partial charge in [-0.3, -0.25) is 9.29 Å². The molecule has 0 saturated carbocycles. The number of hydrogen-bond acceptors (Lipinski definition) is 4. The van der Waals surface area contributed by atoms with Gasteiger partial charge in [-0.15, -0.1) is 0 Å². The second-order valence-electron chi connectivity index (χ2n) is 7.02. The SMILES string of the molecule is O=S(=O)(c1ccc(Cl)cc1)N(Cc1ccccc1OCc1ccccn1)c1ccccc1. The summed E-state index contributed by atoms with van der Waals surface area (Å²) in [6.07, 6.45) is 1.71. The minimum absolute atomic E-state index is 0.105. The van der Waals surface area contributed by atoms with E-state index < -0.39 is 10.0 Å². The molecule has 0 amide bonds. The minimum atomic E-state index is -3.85. The molecule has 0 radical (unpaired) electrons. The van der Waals surface area contributed by atoms with Crippen molar-refractivity contribution in [2.45, 2.75) is 18.0 Å². The van der Waals surface area contributed by atoms with E-state index in [1.165, 1.54) is 16.4 Å². The van der Waals surface area contributed by atoms with Crippen LogP contribution in [0.4, 0.5) is 5.69 Å². The number of rotatable bonds is 8. The zero-order valence-corrected chi connectivity index (χ0v) is 18.7. The maximum Gasteiger partial charge on any atom is 0.264 e. The summed E-state index contributed by atoms with van der Waals surface area (Å²) >= 11 is 5.96. The number of aromatic nitrogens is 1. The third-order valence-electron chi connectivity index (χ3n) is 4.83. The molecule has 162 valence electrons. The Morgan fingerprint density at radius 2 is 1.50 bits per heavy atom. The summed E-state index contributed by atoms with van der Waals surface area (Å²) < 4.78 is 34.5. The summed E-state index contributed by atoms with van der Waals surface area (Å²) in [4.78, 5) is 4.44. The lowest BCUT2D eigenvalue weighted by Gasteiger charge is -2.25. The lowest BCUT2D eigenvalue weighted by molar-refractivity contribution is 0.298. The second kappa shape index (κ2) is 9.85. The van der Waals surface area contributed by atoms with Crippen LogP contribution < -0.4 is 9.04 Å². The predicted molar refractivity (Wildman–Crippen MR) is 126 cm³/mol. The molecule has 0 bridgehead atoms. The van der Waals surface area contributed by atoms with Crippen molar-refractivity contribution < 1.29 is 13.2 Å². The number of halogens is 1. The van der Waals surface area contributed by atoms with Crippen LogP contribution in [0.5, 0.6) is 5.75 Å². The van der Waals surface area contributed by atoms with Gasteiger partial charge in [0.05, 0.1) is 22.8 Å². The Morgan fingerprint density at radius 1 is 0.812 bits per heavy atom. The standard InChI is InChI=1S/C25H21ClN2O3S/c26-21-13-15-24(16-14-21)32(29,30)28(23-10-2-1-3-11-23)18-20-8-4-5-12-25(20)31-19-22-9-6-7-17-27-22/h1-17H,18-19H2. The summed E-state index contributed by atoms with van der Waals surface area (Å²) in [6.45, 7) is 0.389. The van der Waals surface area contributed by atoms with E-state index in [9.17, 15) is 8.42 Å².